The smallest absolute Gasteiger partial charge is 0.156 e. The molecule has 4 aromatic rings. The van der Waals surface area contributed by atoms with E-state index in [0.717, 1.165) is 40.2 Å². The fourth-order valence-electron chi connectivity index (χ4n) is 3.45. The van der Waals surface area contributed by atoms with Gasteiger partial charge in [0.2, 0.25) is 0 Å². The lowest BCUT2D eigenvalue weighted by Crippen LogP contribution is -2.15. The molecule has 0 aliphatic heterocycles. The summed E-state index contributed by atoms with van der Waals surface area (Å²) in [5.74, 6) is 1.50. The Hall–Kier alpha value is -3.14. The van der Waals surface area contributed by atoms with Crippen molar-refractivity contribution in [1.29, 1.82) is 0 Å². The fourth-order valence-corrected chi connectivity index (χ4v) is 3.45. The Bertz CT molecular complexity index is 1090. The predicted molar refractivity (Wildman–Crippen MR) is 110 cm³/mol. The van der Waals surface area contributed by atoms with E-state index >= 15 is 0 Å². The Morgan fingerprint density at radius 3 is 2.54 bits per heavy atom. The number of rotatable bonds is 6. The van der Waals surface area contributed by atoms with Gasteiger partial charge in [-0.15, -0.1) is 0 Å². The van der Waals surface area contributed by atoms with Crippen molar-refractivity contribution in [2.75, 3.05) is 0 Å². The number of halogens is 1. The maximum absolute atomic E-state index is 13.3. The third-order valence-corrected chi connectivity index (χ3v) is 4.86. The summed E-state index contributed by atoms with van der Waals surface area (Å²) in [4.78, 5) is 4.88. The van der Waals surface area contributed by atoms with Gasteiger partial charge in [0.05, 0.1) is 11.0 Å². The van der Waals surface area contributed by atoms with Crippen LogP contribution in [0.4, 0.5) is 4.39 Å². The van der Waals surface area contributed by atoms with Crippen LogP contribution < -0.4 is 4.74 Å². The molecule has 0 saturated carbocycles. The largest absolute Gasteiger partial charge is 0.483 e. The monoisotopic (exact) mass is 374 g/mol. The summed E-state index contributed by atoms with van der Waals surface area (Å²) in [7, 11) is 0. The Morgan fingerprint density at radius 1 is 1.00 bits per heavy atom. The third kappa shape index (κ3) is 3.77. The summed E-state index contributed by atoms with van der Waals surface area (Å²) in [5.41, 5.74) is 4.17. The second-order valence-electron chi connectivity index (χ2n) is 7.00. The van der Waals surface area contributed by atoms with Gasteiger partial charge < -0.3 is 9.30 Å². The van der Waals surface area contributed by atoms with Gasteiger partial charge in [0.25, 0.3) is 0 Å². The van der Waals surface area contributed by atoms with Crippen LogP contribution in [0.3, 0.4) is 0 Å². The van der Waals surface area contributed by atoms with Crippen molar-refractivity contribution in [3.8, 4) is 5.75 Å². The number of fused-ring (bicyclic) bond motifs is 1. The third-order valence-electron chi connectivity index (χ3n) is 4.86. The molecule has 4 heteroatoms. The van der Waals surface area contributed by atoms with Gasteiger partial charge in [-0.2, -0.15) is 0 Å². The molecule has 142 valence electrons. The summed E-state index contributed by atoms with van der Waals surface area (Å²) in [6, 6.07) is 22.8. The van der Waals surface area contributed by atoms with Gasteiger partial charge in [-0.25, -0.2) is 9.37 Å². The number of hydrogen-bond donors (Lipinski definition) is 0. The summed E-state index contributed by atoms with van der Waals surface area (Å²) in [6.45, 7) is 4.77. The van der Waals surface area contributed by atoms with Crippen molar-refractivity contribution >= 4 is 11.0 Å². The molecule has 0 bridgehead atoms. The van der Waals surface area contributed by atoms with Crippen molar-refractivity contribution in [1.82, 2.24) is 9.55 Å². The van der Waals surface area contributed by atoms with Crippen LogP contribution in [0.5, 0.6) is 5.75 Å². The number of hydrogen-bond acceptors (Lipinski definition) is 2. The molecule has 0 fully saturated rings. The molecule has 3 nitrogen and oxygen atoms in total. The number of nitrogens with zero attached hydrogens (tertiary/aromatic N) is 2. The van der Waals surface area contributed by atoms with Gasteiger partial charge in [0, 0.05) is 6.54 Å². The number of benzene rings is 3. The van der Waals surface area contributed by atoms with Crippen LogP contribution in [0.25, 0.3) is 11.0 Å². The van der Waals surface area contributed by atoms with E-state index in [0.29, 0.717) is 6.54 Å². The van der Waals surface area contributed by atoms with Gasteiger partial charge in [-0.1, -0.05) is 43.3 Å². The molecular formula is C24H23FN2O. The number of aromatic nitrogens is 2. The highest BCUT2D eigenvalue weighted by molar-refractivity contribution is 5.76. The Balaban J connectivity index is 1.75. The lowest BCUT2D eigenvalue weighted by atomic mass is 10.2. The minimum Gasteiger partial charge on any atom is -0.483 e. The van der Waals surface area contributed by atoms with Crippen molar-refractivity contribution in [3.05, 3.63) is 95.6 Å². The van der Waals surface area contributed by atoms with Gasteiger partial charge in [0.1, 0.15) is 11.6 Å². The number of ether oxygens (including phenoxy) is 1. The van der Waals surface area contributed by atoms with Gasteiger partial charge in [0.15, 0.2) is 11.9 Å². The highest BCUT2D eigenvalue weighted by atomic mass is 19.1. The van der Waals surface area contributed by atoms with E-state index in [1.54, 1.807) is 0 Å². The molecule has 1 atom stereocenters. The molecule has 0 N–H and O–H groups in total. The van der Waals surface area contributed by atoms with E-state index < -0.39 is 0 Å². The Labute approximate surface area is 164 Å². The second-order valence-corrected chi connectivity index (χ2v) is 7.00. The number of imidazole rings is 1. The van der Waals surface area contributed by atoms with Crippen molar-refractivity contribution < 1.29 is 9.13 Å². The predicted octanol–water partition coefficient (Wildman–Crippen LogP) is 6.06. The summed E-state index contributed by atoms with van der Waals surface area (Å²) in [6.07, 6.45) is 0.621. The molecule has 0 radical (unpaired) electrons. The van der Waals surface area contributed by atoms with Crippen LogP contribution in [-0.2, 0) is 6.54 Å². The summed E-state index contributed by atoms with van der Waals surface area (Å²) >= 11 is 0. The first-order valence-electron chi connectivity index (χ1n) is 9.57. The van der Waals surface area contributed by atoms with Gasteiger partial charge in [-0.3, -0.25) is 0 Å². The maximum Gasteiger partial charge on any atom is 0.156 e. The van der Waals surface area contributed by atoms with Crippen LogP contribution in [0, 0.1) is 12.7 Å². The molecule has 28 heavy (non-hydrogen) atoms. The van der Waals surface area contributed by atoms with Crippen LogP contribution in [0.2, 0.25) is 0 Å². The fraction of sp³-hybridized carbons (Fsp3) is 0.208. The van der Waals surface area contributed by atoms with E-state index in [9.17, 15) is 4.39 Å². The summed E-state index contributed by atoms with van der Waals surface area (Å²) in [5, 5.41) is 0. The molecule has 0 amide bonds. The molecule has 1 unspecified atom stereocenters. The molecule has 4 rings (SSSR count). The van der Waals surface area contributed by atoms with Crippen molar-refractivity contribution in [2.24, 2.45) is 0 Å². The van der Waals surface area contributed by atoms with Crippen LogP contribution in [0.1, 0.15) is 36.4 Å². The lowest BCUT2D eigenvalue weighted by molar-refractivity contribution is 0.187. The maximum atomic E-state index is 13.3. The summed E-state index contributed by atoms with van der Waals surface area (Å²) < 4.78 is 21.8. The number of para-hydroxylation sites is 2. The average molecular weight is 374 g/mol. The molecule has 0 spiro atoms. The Morgan fingerprint density at radius 2 is 1.79 bits per heavy atom. The van der Waals surface area contributed by atoms with E-state index in [2.05, 4.69) is 30.5 Å². The molecule has 0 aliphatic rings. The molecule has 0 aliphatic carbocycles. The zero-order valence-corrected chi connectivity index (χ0v) is 16.1. The lowest BCUT2D eigenvalue weighted by Gasteiger charge is -2.19. The van der Waals surface area contributed by atoms with Crippen molar-refractivity contribution in [2.45, 2.75) is 32.9 Å². The molecule has 1 aromatic heterocycles. The topological polar surface area (TPSA) is 27.1 Å². The Kier molecular flexibility index (Phi) is 5.11. The number of aryl methyl sites for hydroxylation is 1. The molecular weight excluding hydrogens is 351 g/mol. The van der Waals surface area contributed by atoms with Gasteiger partial charge in [-0.05, 0) is 60.9 Å². The SMILES string of the molecule is CCC(Oc1cccc(C)c1)c1nc2ccccc2n1Cc1ccc(F)cc1. The van der Waals surface area contributed by atoms with E-state index in [1.807, 2.05) is 48.5 Å². The van der Waals surface area contributed by atoms with E-state index in [-0.39, 0.29) is 11.9 Å². The van der Waals surface area contributed by atoms with E-state index in [1.165, 1.54) is 12.1 Å². The minimum absolute atomic E-state index is 0.172. The first-order chi connectivity index (χ1) is 13.6. The average Bonchev–Trinajstić information content (AvgIpc) is 3.06. The van der Waals surface area contributed by atoms with E-state index in [4.69, 9.17) is 9.72 Å². The highest BCUT2D eigenvalue weighted by Gasteiger charge is 2.21. The van der Waals surface area contributed by atoms with Crippen molar-refractivity contribution in [3.63, 3.8) is 0 Å². The molecule has 1 heterocycles. The zero-order valence-electron chi connectivity index (χ0n) is 16.1. The molecule has 0 saturated heterocycles. The molecule has 3 aromatic carbocycles. The second kappa shape index (κ2) is 7.85. The van der Waals surface area contributed by atoms with Crippen LogP contribution in [0.15, 0.2) is 72.8 Å². The van der Waals surface area contributed by atoms with Gasteiger partial charge >= 0.3 is 0 Å². The van der Waals surface area contributed by atoms with Crippen LogP contribution >= 0.6 is 0 Å². The first-order valence-corrected chi connectivity index (χ1v) is 9.57. The van der Waals surface area contributed by atoms with Crippen LogP contribution in [-0.4, -0.2) is 9.55 Å². The standard InChI is InChI=1S/C24H23FN2O/c1-3-23(28-20-8-6-7-17(2)15-20)24-26-21-9-4-5-10-22(21)27(24)16-18-11-13-19(25)14-12-18/h4-15,23H,3,16H2,1-2H3. The normalized spacial score (nSPS) is 12.2. The zero-order chi connectivity index (χ0) is 19.5. The minimum atomic E-state index is -0.228. The highest BCUT2D eigenvalue weighted by Crippen LogP contribution is 2.28. The quantitative estimate of drug-likeness (QED) is 0.410. The first kappa shape index (κ1) is 18.2.